The van der Waals surface area contributed by atoms with Crippen LogP contribution in [0.2, 0.25) is 0 Å². The van der Waals surface area contributed by atoms with E-state index in [4.69, 9.17) is 4.74 Å². The lowest BCUT2D eigenvalue weighted by atomic mass is 9.97. The maximum atomic E-state index is 12.5. The largest absolute Gasteiger partial charge is 0.497 e. The number of amides is 1. The van der Waals surface area contributed by atoms with Gasteiger partial charge in [-0.15, -0.1) is 10.2 Å². The molecule has 1 heterocycles. The molecule has 2 aromatic carbocycles. The summed E-state index contributed by atoms with van der Waals surface area (Å²) in [6, 6.07) is 15.6. The highest BCUT2D eigenvalue weighted by Crippen LogP contribution is 2.27. The molecule has 6 nitrogen and oxygen atoms in total. The third kappa shape index (κ3) is 4.72. The van der Waals surface area contributed by atoms with Crippen LogP contribution in [-0.2, 0) is 4.79 Å². The highest BCUT2D eigenvalue weighted by Gasteiger charge is 2.13. The minimum absolute atomic E-state index is 0.0686. The molecule has 0 saturated heterocycles. The average Bonchev–Trinajstić information content (AvgIpc) is 3.21. The Balaban J connectivity index is 1.67. The van der Waals surface area contributed by atoms with E-state index < -0.39 is 0 Å². The van der Waals surface area contributed by atoms with Gasteiger partial charge in [-0.3, -0.25) is 9.36 Å². The van der Waals surface area contributed by atoms with Gasteiger partial charge in [-0.05, 0) is 36.1 Å². The number of rotatable bonds is 8. The number of nitrogens with zero attached hydrogens (tertiary/aromatic N) is 3. The molecule has 1 amide bonds. The first kappa shape index (κ1) is 19.9. The van der Waals surface area contributed by atoms with Gasteiger partial charge in [-0.25, -0.2) is 0 Å². The topological polar surface area (TPSA) is 69.0 Å². The molecule has 1 aromatic heterocycles. The lowest BCUT2D eigenvalue weighted by Crippen LogP contribution is -2.16. The predicted octanol–water partition coefficient (Wildman–Crippen LogP) is 4.52. The maximum Gasteiger partial charge on any atom is 0.234 e. The second-order valence-corrected chi connectivity index (χ2v) is 7.36. The second-order valence-electron chi connectivity index (χ2n) is 6.42. The molecule has 3 rings (SSSR count). The second kappa shape index (κ2) is 9.41. The molecule has 146 valence electrons. The van der Waals surface area contributed by atoms with Gasteiger partial charge in [0, 0.05) is 11.8 Å². The molecule has 3 aromatic rings. The van der Waals surface area contributed by atoms with E-state index in [0.29, 0.717) is 11.1 Å². The molecule has 0 bridgehead atoms. The SMILES string of the molecule is CC[C@@H](C)c1ccccc1NC(=O)CSc1nncn1-c1cccc(OC)c1. The van der Waals surface area contributed by atoms with Gasteiger partial charge in [-0.1, -0.05) is 49.9 Å². The predicted molar refractivity (Wildman–Crippen MR) is 112 cm³/mol. The van der Waals surface area contributed by atoms with Crippen LogP contribution in [0.15, 0.2) is 60.0 Å². The van der Waals surface area contributed by atoms with Gasteiger partial charge < -0.3 is 10.1 Å². The molecule has 0 spiro atoms. The van der Waals surface area contributed by atoms with Gasteiger partial charge in [0.1, 0.15) is 12.1 Å². The number of thioether (sulfide) groups is 1. The van der Waals surface area contributed by atoms with Crippen LogP contribution in [0.4, 0.5) is 5.69 Å². The van der Waals surface area contributed by atoms with E-state index in [1.165, 1.54) is 11.8 Å². The van der Waals surface area contributed by atoms with Crippen molar-refractivity contribution in [1.82, 2.24) is 14.8 Å². The molecule has 0 aliphatic carbocycles. The van der Waals surface area contributed by atoms with Crippen LogP contribution >= 0.6 is 11.8 Å². The van der Waals surface area contributed by atoms with E-state index in [0.717, 1.165) is 29.1 Å². The van der Waals surface area contributed by atoms with E-state index >= 15 is 0 Å². The molecular weight excluding hydrogens is 372 g/mol. The Morgan fingerprint density at radius 2 is 2.07 bits per heavy atom. The number of ether oxygens (including phenoxy) is 1. The van der Waals surface area contributed by atoms with E-state index in [-0.39, 0.29) is 11.7 Å². The van der Waals surface area contributed by atoms with Gasteiger partial charge in [0.25, 0.3) is 0 Å². The number of carbonyl (C=O) groups excluding carboxylic acids is 1. The van der Waals surface area contributed by atoms with E-state index in [2.05, 4.69) is 35.4 Å². The smallest absolute Gasteiger partial charge is 0.234 e. The summed E-state index contributed by atoms with van der Waals surface area (Å²) in [6.07, 6.45) is 2.65. The van der Waals surface area contributed by atoms with Gasteiger partial charge in [0.05, 0.1) is 18.6 Å². The first-order valence-corrected chi connectivity index (χ1v) is 10.2. The number of carbonyl (C=O) groups is 1. The summed E-state index contributed by atoms with van der Waals surface area (Å²) < 4.78 is 7.11. The summed E-state index contributed by atoms with van der Waals surface area (Å²) in [5.41, 5.74) is 2.91. The summed E-state index contributed by atoms with van der Waals surface area (Å²) in [7, 11) is 1.63. The lowest BCUT2D eigenvalue weighted by Gasteiger charge is -2.15. The molecule has 7 heteroatoms. The van der Waals surface area contributed by atoms with Crippen LogP contribution in [0.3, 0.4) is 0 Å². The number of hydrogen-bond acceptors (Lipinski definition) is 5. The van der Waals surface area contributed by atoms with E-state index in [9.17, 15) is 4.79 Å². The van der Waals surface area contributed by atoms with Crippen molar-refractivity contribution in [2.24, 2.45) is 0 Å². The number of anilines is 1. The first-order chi connectivity index (χ1) is 13.6. The summed E-state index contributed by atoms with van der Waals surface area (Å²) in [5, 5.41) is 11.8. The molecule has 1 N–H and O–H groups in total. The summed E-state index contributed by atoms with van der Waals surface area (Å²) in [5.74, 6) is 1.32. The van der Waals surface area contributed by atoms with Crippen molar-refractivity contribution < 1.29 is 9.53 Å². The van der Waals surface area contributed by atoms with Crippen LogP contribution in [0.5, 0.6) is 5.75 Å². The Hall–Kier alpha value is -2.80. The number of para-hydroxylation sites is 1. The minimum Gasteiger partial charge on any atom is -0.497 e. The van der Waals surface area contributed by atoms with Crippen molar-refractivity contribution in [2.75, 3.05) is 18.2 Å². The van der Waals surface area contributed by atoms with Crippen molar-refractivity contribution in [3.05, 3.63) is 60.4 Å². The molecule has 1 atom stereocenters. The Morgan fingerprint density at radius 3 is 2.86 bits per heavy atom. The van der Waals surface area contributed by atoms with Crippen molar-refractivity contribution in [2.45, 2.75) is 31.3 Å². The Bertz CT molecular complexity index is 941. The van der Waals surface area contributed by atoms with Crippen molar-refractivity contribution in [1.29, 1.82) is 0 Å². The zero-order valence-electron chi connectivity index (χ0n) is 16.3. The van der Waals surface area contributed by atoms with Crippen LogP contribution in [0.25, 0.3) is 5.69 Å². The fourth-order valence-electron chi connectivity index (χ4n) is 2.84. The maximum absolute atomic E-state index is 12.5. The summed E-state index contributed by atoms with van der Waals surface area (Å²) in [4.78, 5) is 12.5. The number of methoxy groups -OCH3 is 1. The van der Waals surface area contributed by atoms with Gasteiger partial charge in [0.15, 0.2) is 5.16 Å². The molecule has 28 heavy (non-hydrogen) atoms. The van der Waals surface area contributed by atoms with E-state index in [1.54, 1.807) is 13.4 Å². The quantitative estimate of drug-likeness (QED) is 0.567. The van der Waals surface area contributed by atoms with Gasteiger partial charge in [-0.2, -0.15) is 0 Å². The molecule has 0 aliphatic heterocycles. The van der Waals surface area contributed by atoms with Crippen molar-refractivity contribution in [3.8, 4) is 11.4 Å². The molecular formula is C21H24N4O2S. The fraction of sp³-hybridized carbons (Fsp3) is 0.286. The first-order valence-electron chi connectivity index (χ1n) is 9.18. The third-order valence-corrected chi connectivity index (χ3v) is 5.50. The normalized spacial score (nSPS) is 11.8. The molecule has 0 unspecified atom stereocenters. The lowest BCUT2D eigenvalue weighted by molar-refractivity contribution is -0.113. The van der Waals surface area contributed by atoms with E-state index in [1.807, 2.05) is 47.0 Å². The Kier molecular flexibility index (Phi) is 6.71. The molecule has 0 fully saturated rings. The zero-order chi connectivity index (χ0) is 19.9. The summed E-state index contributed by atoms with van der Waals surface area (Å²) in [6.45, 7) is 4.31. The van der Waals surface area contributed by atoms with Gasteiger partial charge >= 0.3 is 0 Å². The average molecular weight is 397 g/mol. The molecule has 0 aliphatic rings. The molecule has 0 radical (unpaired) electrons. The van der Waals surface area contributed by atoms with Crippen LogP contribution in [0, 0.1) is 0 Å². The van der Waals surface area contributed by atoms with Crippen LogP contribution in [0.1, 0.15) is 31.7 Å². The van der Waals surface area contributed by atoms with Crippen molar-refractivity contribution >= 4 is 23.4 Å². The minimum atomic E-state index is -0.0686. The third-order valence-electron chi connectivity index (χ3n) is 4.56. The fourth-order valence-corrected chi connectivity index (χ4v) is 3.57. The highest BCUT2D eigenvalue weighted by atomic mass is 32.2. The number of aromatic nitrogens is 3. The zero-order valence-corrected chi connectivity index (χ0v) is 17.1. The molecule has 0 saturated carbocycles. The Morgan fingerprint density at radius 1 is 1.25 bits per heavy atom. The highest BCUT2D eigenvalue weighted by molar-refractivity contribution is 7.99. The van der Waals surface area contributed by atoms with Crippen LogP contribution < -0.4 is 10.1 Å². The number of benzene rings is 2. The summed E-state index contributed by atoms with van der Waals surface area (Å²) >= 11 is 1.35. The van der Waals surface area contributed by atoms with Gasteiger partial charge in [0.2, 0.25) is 5.91 Å². The monoisotopic (exact) mass is 396 g/mol. The van der Waals surface area contributed by atoms with Crippen LogP contribution in [-0.4, -0.2) is 33.5 Å². The standard InChI is InChI=1S/C21H24N4O2S/c1-4-15(2)18-10-5-6-11-19(18)23-20(26)13-28-21-24-22-14-25(21)16-8-7-9-17(12-16)27-3/h5-12,14-15H,4,13H2,1-3H3,(H,23,26)/t15-/m1/s1. The number of nitrogens with one attached hydrogen (secondary N) is 1. The number of hydrogen-bond donors (Lipinski definition) is 1. The van der Waals surface area contributed by atoms with Crippen molar-refractivity contribution in [3.63, 3.8) is 0 Å². The Labute approximate surface area is 169 Å².